The molecule has 35 heavy (non-hydrogen) atoms. The maximum absolute atomic E-state index is 13.6. The van der Waals surface area contributed by atoms with Gasteiger partial charge in [0, 0.05) is 11.6 Å². The van der Waals surface area contributed by atoms with E-state index in [2.05, 4.69) is 4.99 Å². The summed E-state index contributed by atoms with van der Waals surface area (Å²) in [5, 5.41) is 0. The highest BCUT2D eigenvalue weighted by molar-refractivity contribution is 7.07. The van der Waals surface area contributed by atoms with Crippen LogP contribution in [0.4, 0.5) is 0 Å². The average Bonchev–Trinajstić information content (AvgIpc) is 3.44. The number of benzene rings is 2. The molecule has 0 saturated heterocycles. The largest absolute Gasteiger partial charge is 0.463 e. The van der Waals surface area contributed by atoms with E-state index in [0.717, 1.165) is 22.5 Å². The van der Waals surface area contributed by atoms with Crippen molar-refractivity contribution in [1.82, 2.24) is 4.57 Å². The Bertz CT molecular complexity index is 1610. The van der Waals surface area contributed by atoms with Crippen LogP contribution in [-0.4, -0.2) is 17.1 Å². The molecular formula is C28H24N2O4S. The first kappa shape index (κ1) is 22.8. The van der Waals surface area contributed by atoms with Crippen molar-refractivity contribution >= 4 is 23.4 Å². The molecule has 1 aliphatic heterocycles. The third-order valence-corrected chi connectivity index (χ3v) is 6.85. The minimum absolute atomic E-state index is 0.230. The number of allylic oxidation sites excluding steroid dienone is 1. The molecule has 0 N–H and O–H groups in total. The van der Waals surface area contributed by atoms with Crippen LogP contribution in [0.15, 0.2) is 92.2 Å². The van der Waals surface area contributed by atoms with E-state index in [4.69, 9.17) is 9.15 Å². The first-order valence-corrected chi connectivity index (χ1v) is 12.2. The number of carbonyl (C=O) groups excluding carboxylic acids is 1. The smallest absolute Gasteiger partial charge is 0.338 e. The number of furan rings is 1. The molecule has 3 heterocycles. The molecule has 176 valence electrons. The number of aromatic nitrogens is 1. The van der Waals surface area contributed by atoms with Crippen LogP contribution in [0.5, 0.6) is 0 Å². The first-order valence-electron chi connectivity index (χ1n) is 11.4. The molecular weight excluding hydrogens is 460 g/mol. The van der Waals surface area contributed by atoms with E-state index in [1.807, 2.05) is 73.7 Å². The quantitative estimate of drug-likeness (QED) is 0.395. The Balaban J connectivity index is 1.65. The van der Waals surface area contributed by atoms with E-state index in [0.29, 0.717) is 26.4 Å². The number of thiazole rings is 1. The molecule has 1 atom stereocenters. The van der Waals surface area contributed by atoms with Gasteiger partial charge in [0.1, 0.15) is 11.5 Å². The topological polar surface area (TPSA) is 73.8 Å². The van der Waals surface area contributed by atoms with Crippen LogP contribution in [0.1, 0.15) is 36.8 Å². The Morgan fingerprint density at radius 2 is 1.83 bits per heavy atom. The summed E-state index contributed by atoms with van der Waals surface area (Å²) >= 11 is 1.28. The van der Waals surface area contributed by atoms with Gasteiger partial charge in [-0.3, -0.25) is 9.36 Å². The zero-order valence-electron chi connectivity index (χ0n) is 19.6. The van der Waals surface area contributed by atoms with Crippen molar-refractivity contribution in [2.24, 2.45) is 4.99 Å². The number of fused-ring (bicyclic) bond motifs is 1. The van der Waals surface area contributed by atoms with Crippen molar-refractivity contribution in [3.8, 4) is 11.3 Å². The highest BCUT2D eigenvalue weighted by Gasteiger charge is 2.33. The Morgan fingerprint density at radius 3 is 2.54 bits per heavy atom. The molecule has 0 radical (unpaired) electrons. The van der Waals surface area contributed by atoms with Crippen molar-refractivity contribution in [3.05, 3.63) is 115 Å². The molecule has 2 aromatic carbocycles. The van der Waals surface area contributed by atoms with Gasteiger partial charge in [0.25, 0.3) is 5.56 Å². The summed E-state index contributed by atoms with van der Waals surface area (Å²) in [6, 6.07) is 20.7. The van der Waals surface area contributed by atoms with Crippen LogP contribution in [0, 0.1) is 6.92 Å². The van der Waals surface area contributed by atoms with Crippen LogP contribution in [0.25, 0.3) is 17.4 Å². The molecule has 0 spiro atoms. The van der Waals surface area contributed by atoms with Gasteiger partial charge in [-0.05, 0) is 38.5 Å². The zero-order chi connectivity index (χ0) is 24.5. The van der Waals surface area contributed by atoms with E-state index in [1.165, 1.54) is 11.3 Å². The third kappa shape index (κ3) is 4.31. The number of esters is 1. The lowest BCUT2D eigenvalue weighted by Gasteiger charge is -2.24. The maximum atomic E-state index is 13.6. The Morgan fingerprint density at radius 1 is 1.09 bits per heavy atom. The molecule has 0 fully saturated rings. The number of nitrogens with zero attached hydrogens (tertiary/aromatic N) is 2. The van der Waals surface area contributed by atoms with Gasteiger partial charge in [0.2, 0.25) is 0 Å². The molecule has 0 saturated carbocycles. The Kier molecular flexibility index (Phi) is 6.09. The van der Waals surface area contributed by atoms with Crippen molar-refractivity contribution < 1.29 is 13.9 Å². The molecule has 0 unspecified atom stereocenters. The van der Waals surface area contributed by atoms with Crippen LogP contribution >= 0.6 is 11.3 Å². The monoisotopic (exact) mass is 484 g/mol. The second kappa shape index (κ2) is 9.35. The standard InChI is InChI=1S/C28H24N2O4S/c1-4-33-27(32)24-18(3)29-28-30(25(24)20-12-10-17(2)11-13-20)26(31)23(35-28)16-21-14-15-22(34-21)19-8-6-5-7-9-19/h5-16,25H,4H2,1-3H3/b23-16+/t25-/m0/s1. The van der Waals surface area contributed by atoms with Crippen LogP contribution < -0.4 is 14.9 Å². The van der Waals surface area contributed by atoms with Gasteiger partial charge < -0.3 is 9.15 Å². The summed E-state index contributed by atoms with van der Waals surface area (Å²) in [6.45, 7) is 5.78. The highest BCUT2D eigenvalue weighted by Crippen LogP contribution is 2.31. The number of carbonyl (C=O) groups is 1. The highest BCUT2D eigenvalue weighted by atomic mass is 32.1. The van der Waals surface area contributed by atoms with Crippen molar-refractivity contribution in [2.45, 2.75) is 26.8 Å². The summed E-state index contributed by atoms with van der Waals surface area (Å²) in [5.41, 5.74) is 3.57. The summed E-state index contributed by atoms with van der Waals surface area (Å²) in [6.07, 6.45) is 1.73. The summed E-state index contributed by atoms with van der Waals surface area (Å²) in [7, 11) is 0. The first-order chi connectivity index (χ1) is 17.0. The lowest BCUT2D eigenvalue weighted by atomic mass is 9.95. The third-order valence-electron chi connectivity index (χ3n) is 5.87. The zero-order valence-corrected chi connectivity index (χ0v) is 20.5. The van der Waals surface area contributed by atoms with Crippen LogP contribution in [0.2, 0.25) is 0 Å². The summed E-state index contributed by atoms with van der Waals surface area (Å²) < 4.78 is 13.4. The molecule has 0 aliphatic carbocycles. The maximum Gasteiger partial charge on any atom is 0.338 e. The fraction of sp³-hybridized carbons (Fsp3) is 0.179. The molecule has 5 rings (SSSR count). The van der Waals surface area contributed by atoms with Crippen LogP contribution in [-0.2, 0) is 9.53 Å². The fourth-order valence-electron chi connectivity index (χ4n) is 4.17. The van der Waals surface area contributed by atoms with Gasteiger partial charge in [-0.25, -0.2) is 9.79 Å². The van der Waals surface area contributed by atoms with Gasteiger partial charge >= 0.3 is 5.97 Å². The van der Waals surface area contributed by atoms with E-state index < -0.39 is 12.0 Å². The van der Waals surface area contributed by atoms with E-state index >= 15 is 0 Å². The Hall–Kier alpha value is -3.97. The molecule has 4 aromatic rings. The Labute approximate surface area is 206 Å². The minimum Gasteiger partial charge on any atom is -0.463 e. The van der Waals surface area contributed by atoms with Gasteiger partial charge in [0.05, 0.1) is 28.5 Å². The summed E-state index contributed by atoms with van der Waals surface area (Å²) in [5.74, 6) is 0.831. The van der Waals surface area contributed by atoms with Gasteiger partial charge in [-0.1, -0.05) is 71.5 Å². The number of hydrogen-bond donors (Lipinski definition) is 0. The summed E-state index contributed by atoms with van der Waals surface area (Å²) in [4.78, 5) is 31.7. The second-order valence-corrected chi connectivity index (χ2v) is 9.29. The number of hydrogen-bond acceptors (Lipinski definition) is 6. The van der Waals surface area contributed by atoms with Crippen molar-refractivity contribution in [2.75, 3.05) is 6.61 Å². The van der Waals surface area contributed by atoms with Crippen molar-refractivity contribution in [1.29, 1.82) is 0 Å². The molecule has 7 heteroatoms. The molecule has 0 bridgehead atoms. The lowest BCUT2D eigenvalue weighted by Crippen LogP contribution is -2.39. The number of rotatable bonds is 5. The fourth-order valence-corrected chi connectivity index (χ4v) is 5.20. The van der Waals surface area contributed by atoms with Gasteiger partial charge in [-0.15, -0.1) is 0 Å². The predicted octanol–water partition coefficient (Wildman–Crippen LogP) is 4.37. The number of ether oxygens (including phenoxy) is 1. The van der Waals surface area contributed by atoms with E-state index in [1.54, 1.807) is 24.5 Å². The molecule has 2 aromatic heterocycles. The second-order valence-electron chi connectivity index (χ2n) is 8.28. The SMILES string of the molecule is CCOC(=O)C1=C(C)N=c2s/c(=C/c3ccc(-c4ccccc4)o3)c(=O)n2[C@H]1c1ccc(C)cc1. The lowest BCUT2D eigenvalue weighted by molar-refractivity contribution is -0.139. The van der Waals surface area contributed by atoms with Gasteiger partial charge in [-0.2, -0.15) is 0 Å². The minimum atomic E-state index is -0.621. The normalized spacial score (nSPS) is 15.6. The van der Waals surface area contributed by atoms with Crippen molar-refractivity contribution in [3.63, 3.8) is 0 Å². The van der Waals surface area contributed by atoms with E-state index in [9.17, 15) is 9.59 Å². The van der Waals surface area contributed by atoms with Gasteiger partial charge in [0.15, 0.2) is 4.80 Å². The number of aryl methyl sites for hydroxylation is 1. The molecule has 1 aliphatic rings. The average molecular weight is 485 g/mol. The molecule has 0 amide bonds. The predicted molar refractivity (Wildman–Crippen MR) is 136 cm³/mol. The van der Waals surface area contributed by atoms with E-state index in [-0.39, 0.29) is 12.2 Å². The van der Waals surface area contributed by atoms with Crippen LogP contribution in [0.3, 0.4) is 0 Å². The molecule has 6 nitrogen and oxygen atoms in total.